The van der Waals surface area contributed by atoms with Crippen molar-refractivity contribution in [1.82, 2.24) is 9.78 Å². The van der Waals surface area contributed by atoms with Crippen molar-refractivity contribution in [3.8, 4) is 5.69 Å². The third kappa shape index (κ3) is 4.40. The minimum Gasteiger partial charge on any atom is -0.366 e. The SMILES string of the molecule is CC1(C)CC(=O)c2c(C(F)F)nn(-c3ccc(C(N)=O)c(CC4CCSCC4)c3)c2C1. The predicted molar refractivity (Wildman–Crippen MR) is 117 cm³/mol. The number of aromatic nitrogens is 2. The van der Waals surface area contributed by atoms with E-state index in [4.69, 9.17) is 5.73 Å². The average molecular weight is 448 g/mol. The average Bonchev–Trinajstić information content (AvgIpc) is 3.07. The van der Waals surface area contributed by atoms with E-state index in [9.17, 15) is 18.4 Å². The fourth-order valence-electron chi connectivity index (χ4n) is 4.73. The highest BCUT2D eigenvalue weighted by Gasteiger charge is 2.38. The van der Waals surface area contributed by atoms with Gasteiger partial charge >= 0.3 is 0 Å². The summed E-state index contributed by atoms with van der Waals surface area (Å²) in [5, 5.41) is 4.17. The zero-order valence-electron chi connectivity index (χ0n) is 17.8. The molecular weight excluding hydrogens is 420 g/mol. The zero-order chi connectivity index (χ0) is 22.3. The first-order chi connectivity index (χ1) is 14.7. The minimum absolute atomic E-state index is 0.0548. The summed E-state index contributed by atoms with van der Waals surface area (Å²) in [6, 6.07) is 5.15. The van der Waals surface area contributed by atoms with Gasteiger partial charge in [-0.05, 0) is 72.3 Å². The number of nitrogens with two attached hydrogens (primary N) is 1. The topological polar surface area (TPSA) is 78.0 Å². The molecule has 0 unspecified atom stereocenters. The molecule has 2 aromatic rings. The standard InChI is InChI=1S/C23H27F2N3O2S/c1-23(2)11-17-19(18(29)12-23)20(21(24)25)27-28(17)15-3-4-16(22(26)30)14(10-15)9-13-5-7-31-8-6-13/h3-4,10,13,21H,5-9,11-12H2,1-2H3,(H2,26,30). The molecule has 2 aliphatic rings. The number of ketones is 1. The minimum atomic E-state index is -2.83. The summed E-state index contributed by atoms with van der Waals surface area (Å²) in [5.41, 5.74) is 7.23. The van der Waals surface area contributed by atoms with Crippen LogP contribution in [-0.2, 0) is 12.8 Å². The van der Waals surface area contributed by atoms with Gasteiger partial charge in [0.05, 0.1) is 16.9 Å². The number of hydrogen-bond donors (Lipinski definition) is 1. The van der Waals surface area contributed by atoms with E-state index in [1.807, 2.05) is 31.7 Å². The number of nitrogens with zero attached hydrogens (tertiary/aromatic N) is 2. The molecule has 4 rings (SSSR count). The molecule has 1 aromatic carbocycles. The highest BCUT2D eigenvalue weighted by molar-refractivity contribution is 7.99. The normalized spacial score (nSPS) is 18.9. The Kier molecular flexibility index (Phi) is 5.94. The second kappa shape index (κ2) is 8.37. The largest absolute Gasteiger partial charge is 0.366 e. The van der Waals surface area contributed by atoms with Crippen LogP contribution in [-0.4, -0.2) is 33.0 Å². The number of amides is 1. The predicted octanol–water partition coefficient (Wildman–Crippen LogP) is 4.75. The zero-order valence-corrected chi connectivity index (χ0v) is 18.6. The third-order valence-electron chi connectivity index (χ3n) is 6.23. The van der Waals surface area contributed by atoms with E-state index >= 15 is 0 Å². The lowest BCUT2D eigenvalue weighted by Gasteiger charge is -2.29. The molecule has 31 heavy (non-hydrogen) atoms. The van der Waals surface area contributed by atoms with Crippen molar-refractivity contribution in [3.63, 3.8) is 0 Å². The summed E-state index contributed by atoms with van der Waals surface area (Å²) in [5.74, 6) is 1.86. The number of hydrogen-bond acceptors (Lipinski definition) is 4. The van der Waals surface area contributed by atoms with Crippen LogP contribution < -0.4 is 5.73 Å². The molecule has 0 atom stereocenters. The molecule has 1 amide bonds. The lowest BCUT2D eigenvalue weighted by molar-refractivity contribution is 0.0896. The Labute approximate surface area is 184 Å². The lowest BCUT2D eigenvalue weighted by atomic mass is 9.75. The van der Waals surface area contributed by atoms with E-state index in [0.717, 1.165) is 29.9 Å². The van der Waals surface area contributed by atoms with Crippen LogP contribution in [0.2, 0.25) is 0 Å². The number of benzene rings is 1. The highest BCUT2D eigenvalue weighted by Crippen LogP contribution is 2.39. The van der Waals surface area contributed by atoms with Gasteiger partial charge in [0.1, 0.15) is 5.69 Å². The van der Waals surface area contributed by atoms with E-state index in [1.165, 1.54) is 4.68 Å². The van der Waals surface area contributed by atoms with Crippen LogP contribution >= 0.6 is 11.8 Å². The van der Waals surface area contributed by atoms with Crippen molar-refractivity contribution in [1.29, 1.82) is 0 Å². The summed E-state index contributed by atoms with van der Waals surface area (Å²) in [6.45, 7) is 3.91. The summed E-state index contributed by atoms with van der Waals surface area (Å²) in [7, 11) is 0. The van der Waals surface area contributed by atoms with Crippen LogP contribution in [0.4, 0.5) is 8.78 Å². The summed E-state index contributed by atoms with van der Waals surface area (Å²) < 4.78 is 28.9. The van der Waals surface area contributed by atoms with Gasteiger partial charge in [-0.15, -0.1) is 0 Å². The highest BCUT2D eigenvalue weighted by atomic mass is 32.2. The van der Waals surface area contributed by atoms with Crippen LogP contribution in [0.1, 0.15) is 77.2 Å². The van der Waals surface area contributed by atoms with Crippen molar-refractivity contribution in [2.75, 3.05) is 11.5 Å². The molecule has 1 fully saturated rings. The van der Waals surface area contributed by atoms with Gasteiger partial charge in [0.2, 0.25) is 5.91 Å². The van der Waals surface area contributed by atoms with Crippen molar-refractivity contribution in [2.24, 2.45) is 17.1 Å². The van der Waals surface area contributed by atoms with Crippen molar-refractivity contribution in [2.45, 2.75) is 52.4 Å². The van der Waals surface area contributed by atoms with Crippen LogP contribution in [0.25, 0.3) is 5.69 Å². The number of thioether (sulfide) groups is 1. The van der Waals surface area contributed by atoms with Gasteiger partial charge in [-0.1, -0.05) is 13.8 Å². The number of carbonyl (C=O) groups is 2. The molecule has 166 valence electrons. The number of halogens is 2. The van der Waals surface area contributed by atoms with Crippen LogP contribution in [0.5, 0.6) is 0 Å². The molecule has 0 bridgehead atoms. The summed E-state index contributed by atoms with van der Waals surface area (Å²) in [4.78, 5) is 24.7. The molecule has 2 N–H and O–H groups in total. The Bertz CT molecular complexity index is 1030. The number of Topliss-reactive ketones (excluding diaryl/α,β-unsaturated/α-hetero) is 1. The Balaban J connectivity index is 1.81. The van der Waals surface area contributed by atoms with Gasteiger partial charge in [-0.25, -0.2) is 13.5 Å². The van der Waals surface area contributed by atoms with E-state index in [-0.39, 0.29) is 23.2 Å². The maximum atomic E-state index is 13.7. The number of carbonyl (C=O) groups excluding carboxylic acids is 2. The molecule has 1 aliphatic carbocycles. The third-order valence-corrected chi connectivity index (χ3v) is 7.28. The van der Waals surface area contributed by atoms with Gasteiger partial charge in [0.15, 0.2) is 5.78 Å². The number of alkyl halides is 2. The van der Waals surface area contributed by atoms with E-state index in [0.29, 0.717) is 35.7 Å². The fraction of sp³-hybridized carbons (Fsp3) is 0.522. The van der Waals surface area contributed by atoms with E-state index < -0.39 is 18.0 Å². The lowest BCUT2D eigenvalue weighted by Crippen LogP contribution is -2.28. The monoisotopic (exact) mass is 447 g/mol. The number of fused-ring (bicyclic) bond motifs is 1. The van der Waals surface area contributed by atoms with Gasteiger partial charge in [0, 0.05) is 12.0 Å². The van der Waals surface area contributed by atoms with Gasteiger partial charge < -0.3 is 5.73 Å². The second-order valence-electron chi connectivity index (χ2n) is 9.33. The molecule has 1 aromatic heterocycles. The maximum absolute atomic E-state index is 13.7. The van der Waals surface area contributed by atoms with Gasteiger partial charge in [-0.2, -0.15) is 16.9 Å². The Morgan fingerprint density at radius 1 is 1.29 bits per heavy atom. The van der Waals surface area contributed by atoms with Gasteiger partial charge in [-0.3, -0.25) is 9.59 Å². The first kappa shape index (κ1) is 22.0. The van der Waals surface area contributed by atoms with Crippen LogP contribution in [0, 0.1) is 11.3 Å². The van der Waals surface area contributed by atoms with Crippen molar-refractivity contribution in [3.05, 3.63) is 46.3 Å². The quantitative estimate of drug-likeness (QED) is 0.718. The Hall–Kier alpha value is -2.22. The smallest absolute Gasteiger partial charge is 0.282 e. The molecular formula is C23H27F2N3O2S. The second-order valence-corrected chi connectivity index (χ2v) is 10.6. The summed E-state index contributed by atoms with van der Waals surface area (Å²) >= 11 is 1.93. The number of rotatable bonds is 5. The molecule has 2 heterocycles. The van der Waals surface area contributed by atoms with Gasteiger partial charge in [0.25, 0.3) is 6.43 Å². The maximum Gasteiger partial charge on any atom is 0.282 e. The molecule has 1 aliphatic heterocycles. The first-order valence-electron chi connectivity index (χ1n) is 10.6. The van der Waals surface area contributed by atoms with Crippen LogP contribution in [0.15, 0.2) is 18.2 Å². The summed E-state index contributed by atoms with van der Waals surface area (Å²) in [6.07, 6.45) is 0.717. The molecule has 0 radical (unpaired) electrons. The van der Waals surface area contributed by atoms with Crippen LogP contribution in [0.3, 0.4) is 0 Å². The molecule has 8 heteroatoms. The van der Waals surface area contributed by atoms with Crippen molar-refractivity contribution >= 4 is 23.5 Å². The number of primary amides is 1. The molecule has 1 saturated heterocycles. The fourth-order valence-corrected chi connectivity index (χ4v) is 5.93. The Morgan fingerprint density at radius 2 is 2.00 bits per heavy atom. The molecule has 0 spiro atoms. The van der Waals surface area contributed by atoms with E-state index in [2.05, 4.69) is 5.10 Å². The van der Waals surface area contributed by atoms with E-state index in [1.54, 1.807) is 12.1 Å². The van der Waals surface area contributed by atoms with Crippen molar-refractivity contribution < 1.29 is 18.4 Å². The first-order valence-corrected chi connectivity index (χ1v) is 11.8. The molecule has 5 nitrogen and oxygen atoms in total. The Morgan fingerprint density at radius 3 is 2.65 bits per heavy atom. The molecule has 0 saturated carbocycles.